The first-order valence-electron chi connectivity index (χ1n) is 10.1. The molecule has 3 amide bonds. The maximum Gasteiger partial charge on any atom is 0.325 e. The van der Waals surface area contributed by atoms with Crippen molar-refractivity contribution in [3.8, 4) is 0 Å². The van der Waals surface area contributed by atoms with Gasteiger partial charge in [-0.2, -0.15) is 0 Å². The van der Waals surface area contributed by atoms with Crippen LogP contribution in [0.5, 0.6) is 0 Å². The smallest absolute Gasteiger partial charge is 0.325 e. The van der Waals surface area contributed by atoms with Crippen LogP contribution in [0, 0.1) is 6.92 Å². The highest BCUT2D eigenvalue weighted by molar-refractivity contribution is 6.00. The fraction of sp³-hybridized carbons (Fsp3) is 0.208. The molecular formula is C24H24F2N4O2. The number of rotatable bonds is 4. The fourth-order valence-corrected chi connectivity index (χ4v) is 3.31. The molecule has 0 saturated carbocycles. The van der Waals surface area contributed by atoms with E-state index in [2.05, 4.69) is 10.3 Å². The predicted molar refractivity (Wildman–Crippen MR) is 118 cm³/mol. The number of urea groups is 1. The summed E-state index contributed by atoms with van der Waals surface area (Å²) in [4.78, 5) is 28.4. The van der Waals surface area contributed by atoms with E-state index in [1.54, 1.807) is 6.20 Å². The molecule has 0 bridgehead atoms. The highest BCUT2D eigenvalue weighted by Crippen LogP contribution is 2.27. The van der Waals surface area contributed by atoms with E-state index in [1.165, 1.54) is 0 Å². The van der Waals surface area contributed by atoms with Crippen molar-refractivity contribution in [1.29, 1.82) is 0 Å². The summed E-state index contributed by atoms with van der Waals surface area (Å²) in [5, 5.41) is 2.70. The number of β-lactam (4-membered cyclic amide) rings is 1. The zero-order chi connectivity index (χ0) is 23.1. The van der Waals surface area contributed by atoms with Gasteiger partial charge in [-0.3, -0.25) is 9.69 Å². The van der Waals surface area contributed by atoms with Gasteiger partial charge in [0.15, 0.2) is 0 Å². The van der Waals surface area contributed by atoms with Crippen molar-refractivity contribution in [2.45, 2.75) is 31.9 Å². The number of aryl methyl sites for hydroxylation is 1. The zero-order valence-corrected chi connectivity index (χ0v) is 17.5. The number of nitrogens with two attached hydrogens (primary N) is 1. The molecule has 8 heteroatoms. The molecule has 1 atom stereocenters. The molecule has 32 heavy (non-hydrogen) atoms. The van der Waals surface area contributed by atoms with Crippen molar-refractivity contribution in [2.24, 2.45) is 0 Å². The van der Waals surface area contributed by atoms with Crippen LogP contribution in [0.4, 0.5) is 19.4 Å². The van der Waals surface area contributed by atoms with E-state index in [-0.39, 0.29) is 6.42 Å². The van der Waals surface area contributed by atoms with E-state index in [9.17, 15) is 18.4 Å². The molecule has 166 valence electrons. The van der Waals surface area contributed by atoms with Gasteiger partial charge >= 0.3 is 6.03 Å². The van der Waals surface area contributed by atoms with Gasteiger partial charge < -0.3 is 11.1 Å². The summed E-state index contributed by atoms with van der Waals surface area (Å²) in [7, 11) is 0. The number of nitrogens with one attached hydrogen (secondary N) is 1. The predicted octanol–water partition coefficient (Wildman–Crippen LogP) is 4.32. The second-order valence-electron chi connectivity index (χ2n) is 7.33. The number of carbonyl (C=O) groups is 2. The van der Waals surface area contributed by atoms with E-state index >= 15 is 0 Å². The van der Waals surface area contributed by atoms with Crippen LogP contribution in [0.3, 0.4) is 0 Å². The standard InChI is InChI=1S/C18H16F2N2O2.C6H8N2/c19-17(20)14-11-15(23)22(14)18(24)21-16(12-7-3-1-4-8-12)13-9-5-2-6-10-13;1-5-2-3-8-6(7)4-5/h1-10,14,16-17H,11H2,(H,21,24);2-4H,1H3,(H2,7,8). The minimum Gasteiger partial charge on any atom is -0.384 e. The van der Waals surface area contributed by atoms with E-state index in [0.717, 1.165) is 16.7 Å². The maximum absolute atomic E-state index is 12.9. The number of aromatic nitrogens is 1. The van der Waals surface area contributed by atoms with Crippen molar-refractivity contribution in [1.82, 2.24) is 15.2 Å². The molecule has 2 aromatic carbocycles. The minimum absolute atomic E-state index is 0.299. The number of benzene rings is 2. The van der Waals surface area contributed by atoms with Gasteiger partial charge in [-0.1, -0.05) is 60.7 Å². The molecule has 1 aliphatic heterocycles. The van der Waals surface area contributed by atoms with Gasteiger partial charge in [0.25, 0.3) is 6.43 Å². The van der Waals surface area contributed by atoms with Crippen LogP contribution in [0.15, 0.2) is 79.0 Å². The molecule has 6 nitrogen and oxygen atoms in total. The monoisotopic (exact) mass is 438 g/mol. The van der Waals surface area contributed by atoms with Crippen LogP contribution < -0.4 is 11.1 Å². The molecule has 0 radical (unpaired) electrons. The number of anilines is 1. The molecule has 0 spiro atoms. The third-order valence-corrected chi connectivity index (χ3v) is 4.96. The third-order valence-electron chi connectivity index (χ3n) is 4.96. The van der Waals surface area contributed by atoms with Crippen molar-refractivity contribution >= 4 is 17.8 Å². The Morgan fingerprint density at radius 3 is 2.03 bits per heavy atom. The molecule has 0 aliphatic carbocycles. The molecule has 3 aromatic rings. The Balaban J connectivity index is 0.000000305. The molecule has 2 heterocycles. The number of imide groups is 1. The summed E-state index contributed by atoms with van der Waals surface area (Å²) in [5.74, 6) is 0.00248. The molecular weight excluding hydrogens is 414 g/mol. The number of halogens is 2. The molecule has 1 aliphatic rings. The van der Waals surface area contributed by atoms with Gasteiger partial charge in [0.05, 0.1) is 12.5 Å². The average Bonchev–Trinajstić information content (AvgIpc) is 2.77. The number of nitrogen functional groups attached to an aromatic ring is 1. The van der Waals surface area contributed by atoms with Crippen LogP contribution in [0.2, 0.25) is 0 Å². The number of carbonyl (C=O) groups excluding carboxylic acids is 2. The highest BCUT2D eigenvalue weighted by atomic mass is 19.3. The van der Waals surface area contributed by atoms with Gasteiger partial charge in [0.2, 0.25) is 5.91 Å². The zero-order valence-electron chi connectivity index (χ0n) is 17.5. The topological polar surface area (TPSA) is 88.3 Å². The lowest BCUT2D eigenvalue weighted by Gasteiger charge is -2.38. The van der Waals surface area contributed by atoms with Crippen molar-refractivity contribution in [2.75, 3.05) is 5.73 Å². The lowest BCUT2D eigenvalue weighted by molar-refractivity contribution is -0.147. The second-order valence-corrected chi connectivity index (χ2v) is 7.33. The van der Waals surface area contributed by atoms with Gasteiger partial charge in [-0.15, -0.1) is 0 Å². The molecule has 1 fully saturated rings. The van der Waals surface area contributed by atoms with Crippen molar-refractivity contribution in [3.05, 3.63) is 95.7 Å². The van der Waals surface area contributed by atoms with Crippen LogP contribution >= 0.6 is 0 Å². The molecule has 1 unspecified atom stereocenters. The van der Waals surface area contributed by atoms with E-state index in [4.69, 9.17) is 5.73 Å². The number of nitrogens with zero attached hydrogens (tertiary/aromatic N) is 2. The number of pyridine rings is 1. The quantitative estimate of drug-likeness (QED) is 0.594. The number of alkyl halides is 2. The van der Waals surface area contributed by atoms with Crippen LogP contribution in [-0.4, -0.2) is 34.3 Å². The fourth-order valence-electron chi connectivity index (χ4n) is 3.31. The summed E-state index contributed by atoms with van der Waals surface area (Å²) >= 11 is 0. The summed E-state index contributed by atoms with van der Waals surface area (Å²) in [6.45, 7) is 1.98. The normalized spacial score (nSPS) is 15.1. The number of amides is 3. The van der Waals surface area contributed by atoms with Crippen molar-refractivity contribution in [3.63, 3.8) is 0 Å². The largest absolute Gasteiger partial charge is 0.384 e. The lowest BCUT2D eigenvalue weighted by Crippen LogP contribution is -2.61. The maximum atomic E-state index is 12.9. The summed E-state index contributed by atoms with van der Waals surface area (Å²) in [6, 6.07) is 19.4. The first-order chi connectivity index (χ1) is 15.4. The lowest BCUT2D eigenvalue weighted by atomic mass is 9.98. The Morgan fingerprint density at radius 1 is 1.06 bits per heavy atom. The summed E-state index contributed by atoms with van der Waals surface area (Å²) in [6.07, 6.45) is -1.34. The Kier molecular flexibility index (Phi) is 7.49. The molecule has 1 saturated heterocycles. The van der Waals surface area contributed by atoms with Gasteiger partial charge in [-0.05, 0) is 35.7 Å². The Labute approximate surface area is 185 Å². The average molecular weight is 438 g/mol. The Bertz CT molecular complexity index is 991. The highest BCUT2D eigenvalue weighted by Gasteiger charge is 2.46. The van der Waals surface area contributed by atoms with E-state index in [1.807, 2.05) is 79.7 Å². The summed E-state index contributed by atoms with van der Waals surface area (Å²) in [5.41, 5.74) is 8.11. The first-order valence-corrected chi connectivity index (χ1v) is 10.1. The van der Waals surface area contributed by atoms with Crippen LogP contribution in [-0.2, 0) is 4.79 Å². The number of hydrogen-bond donors (Lipinski definition) is 2. The SMILES string of the molecule is Cc1ccnc(N)c1.O=C1CC(C(F)F)N1C(=O)NC(c1ccccc1)c1ccccc1. The summed E-state index contributed by atoms with van der Waals surface area (Å²) < 4.78 is 25.7. The van der Waals surface area contributed by atoms with E-state index in [0.29, 0.717) is 10.7 Å². The van der Waals surface area contributed by atoms with Crippen LogP contribution in [0.25, 0.3) is 0 Å². The number of likely N-dealkylation sites (tertiary alicyclic amines) is 1. The molecule has 4 rings (SSSR count). The van der Waals surface area contributed by atoms with Crippen LogP contribution in [0.1, 0.15) is 29.2 Å². The second kappa shape index (κ2) is 10.5. The Hall–Kier alpha value is -3.81. The first kappa shape index (κ1) is 22.9. The van der Waals surface area contributed by atoms with Gasteiger partial charge in [-0.25, -0.2) is 18.6 Å². The van der Waals surface area contributed by atoms with E-state index < -0.39 is 30.4 Å². The number of hydrogen-bond acceptors (Lipinski definition) is 4. The molecule has 1 aromatic heterocycles. The Morgan fingerprint density at radius 2 is 1.62 bits per heavy atom. The molecule has 3 N–H and O–H groups in total. The van der Waals surface area contributed by atoms with Crippen molar-refractivity contribution < 1.29 is 18.4 Å². The van der Waals surface area contributed by atoms with Gasteiger partial charge in [0, 0.05) is 6.20 Å². The van der Waals surface area contributed by atoms with Gasteiger partial charge in [0.1, 0.15) is 11.9 Å². The third kappa shape index (κ3) is 5.66. The minimum atomic E-state index is -2.74.